The Morgan fingerprint density at radius 1 is 0.286 bits per heavy atom. The van der Waals surface area contributed by atoms with Gasteiger partial charge in [-0.3, -0.25) is 0 Å². The van der Waals surface area contributed by atoms with Crippen molar-refractivity contribution in [2.24, 2.45) is 0 Å². The molecule has 294 valence electrons. The van der Waals surface area contributed by atoms with Crippen molar-refractivity contribution in [2.75, 3.05) is 0 Å². The summed E-state index contributed by atoms with van der Waals surface area (Å²) in [7, 11) is 0. The van der Waals surface area contributed by atoms with Gasteiger partial charge in [0.25, 0.3) is 0 Å². The maximum Gasteiger partial charge on any atom is 0.136 e. The normalized spacial score (nSPS) is 13.4. The van der Waals surface area contributed by atoms with Crippen LogP contribution in [0.5, 0.6) is 0 Å². The molecule has 11 aromatic carbocycles. The van der Waals surface area contributed by atoms with Crippen molar-refractivity contribution < 1.29 is 8.83 Å². The first-order valence-corrected chi connectivity index (χ1v) is 21.9. The van der Waals surface area contributed by atoms with Crippen molar-refractivity contribution in [3.63, 3.8) is 0 Å². The monoisotopic (exact) mass is 802 g/mol. The maximum absolute atomic E-state index is 6.64. The molecule has 2 heterocycles. The fourth-order valence-corrected chi connectivity index (χ4v) is 11.2. The number of fused-ring (bicyclic) bond motifs is 13. The Morgan fingerprint density at radius 3 is 1.54 bits per heavy atom. The molecular formula is C61H38O2. The summed E-state index contributed by atoms with van der Waals surface area (Å²) in [4.78, 5) is 0. The topological polar surface area (TPSA) is 26.3 Å². The number of furan rings is 2. The molecule has 0 bridgehead atoms. The molecule has 13 aromatic rings. The van der Waals surface area contributed by atoms with Gasteiger partial charge in [-0.2, -0.15) is 0 Å². The number of rotatable bonds is 3. The Bertz CT molecular complexity index is 4060. The molecule has 63 heavy (non-hydrogen) atoms. The standard InChI is InChI=1S/C61H38O2/c1-61(2)53-27-24-38(39-22-26-43-51-33-58-52(34-57(51)62-55(43)32-39)50-29-36-13-3-4-14-37(36)31-56(50)63-58)28-49(53)42-25-23-40(30-54(42)61)59-45-17-7-9-19-47(45)60(48-20-10-8-18-46(48)59)44-21-11-15-35-12-5-6-16-41(35)44/h3-34H,1-2H3. The van der Waals surface area contributed by atoms with Gasteiger partial charge in [-0.05, 0) is 147 Å². The number of benzene rings is 11. The van der Waals surface area contributed by atoms with Gasteiger partial charge in [-0.25, -0.2) is 0 Å². The third kappa shape index (κ3) is 4.89. The van der Waals surface area contributed by atoms with Crippen molar-refractivity contribution in [1.29, 1.82) is 0 Å². The Hall–Kier alpha value is -7.94. The van der Waals surface area contributed by atoms with Crippen LogP contribution in [0.25, 0.3) is 131 Å². The smallest absolute Gasteiger partial charge is 0.136 e. The third-order valence-electron chi connectivity index (χ3n) is 14.2. The molecule has 1 aliphatic rings. The van der Waals surface area contributed by atoms with Crippen molar-refractivity contribution in [3.05, 3.63) is 205 Å². The van der Waals surface area contributed by atoms with Gasteiger partial charge in [-0.15, -0.1) is 0 Å². The van der Waals surface area contributed by atoms with E-state index < -0.39 is 0 Å². The lowest BCUT2D eigenvalue weighted by atomic mass is 9.80. The highest BCUT2D eigenvalue weighted by molar-refractivity contribution is 6.24. The molecule has 0 saturated heterocycles. The lowest BCUT2D eigenvalue weighted by Crippen LogP contribution is -2.15. The average molecular weight is 803 g/mol. The van der Waals surface area contributed by atoms with Crippen LogP contribution in [0.4, 0.5) is 0 Å². The van der Waals surface area contributed by atoms with Crippen LogP contribution >= 0.6 is 0 Å². The minimum absolute atomic E-state index is 0.177. The van der Waals surface area contributed by atoms with Crippen LogP contribution in [0, 0.1) is 0 Å². The minimum atomic E-state index is -0.177. The van der Waals surface area contributed by atoms with Crippen LogP contribution in [0.2, 0.25) is 0 Å². The molecule has 0 saturated carbocycles. The largest absolute Gasteiger partial charge is 0.456 e. The van der Waals surface area contributed by atoms with E-state index in [0.29, 0.717) is 0 Å². The van der Waals surface area contributed by atoms with E-state index >= 15 is 0 Å². The molecule has 2 heteroatoms. The zero-order valence-corrected chi connectivity index (χ0v) is 34.8. The van der Waals surface area contributed by atoms with E-state index in [4.69, 9.17) is 8.83 Å². The SMILES string of the molecule is CC1(C)c2ccc(-c3ccc4c(c3)oc3cc5c(cc34)oc3cc4ccccc4cc35)cc2-c2ccc(-c3c4ccccc4c(-c4cccc5ccccc45)c4ccccc34)cc21. The summed E-state index contributed by atoms with van der Waals surface area (Å²) in [5.41, 5.74) is 16.1. The molecule has 2 aromatic heterocycles. The van der Waals surface area contributed by atoms with Crippen LogP contribution in [0.3, 0.4) is 0 Å². The molecule has 14 rings (SSSR count). The predicted octanol–water partition coefficient (Wildman–Crippen LogP) is 17.4. The van der Waals surface area contributed by atoms with E-state index in [0.717, 1.165) is 49.4 Å². The summed E-state index contributed by atoms with van der Waals surface area (Å²) in [6, 6.07) is 71.4. The van der Waals surface area contributed by atoms with Crippen LogP contribution in [-0.4, -0.2) is 0 Å². The van der Waals surface area contributed by atoms with Crippen LogP contribution in [0.15, 0.2) is 203 Å². The van der Waals surface area contributed by atoms with Crippen molar-refractivity contribution >= 4 is 87.0 Å². The summed E-state index contributed by atoms with van der Waals surface area (Å²) in [5.74, 6) is 0. The summed E-state index contributed by atoms with van der Waals surface area (Å²) in [6.07, 6.45) is 0. The van der Waals surface area contributed by atoms with E-state index in [1.807, 2.05) is 0 Å². The Labute approximate surface area is 363 Å². The summed E-state index contributed by atoms with van der Waals surface area (Å²) in [6.45, 7) is 4.76. The molecule has 0 unspecified atom stereocenters. The lowest BCUT2D eigenvalue weighted by molar-refractivity contribution is 0.660. The molecule has 0 spiro atoms. The first-order chi connectivity index (χ1) is 31.0. The Kier molecular flexibility index (Phi) is 6.93. The van der Waals surface area contributed by atoms with E-state index in [-0.39, 0.29) is 5.41 Å². The zero-order chi connectivity index (χ0) is 41.6. The van der Waals surface area contributed by atoms with Gasteiger partial charge in [0.1, 0.15) is 22.3 Å². The fourth-order valence-electron chi connectivity index (χ4n) is 11.2. The molecule has 0 aliphatic heterocycles. The summed E-state index contributed by atoms with van der Waals surface area (Å²) in [5, 5.41) is 14.3. The van der Waals surface area contributed by atoms with E-state index in [1.54, 1.807) is 0 Å². The second-order valence-electron chi connectivity index (χ2n) is 18.0. The van der Waals surface area contributed by atoms with Gasteiger partial charge in [-0.1, -0.05) is 159 Å². The molecule has 0 amide bonds. The quantitative estimate of drug-likeness (QED) is 0.166. The van der Waals surface area contributed by atoms with Gasteiger partial charge >= 0.3 is 0 Å². The zero-order valence-electron chi connectivity index (χ0n) is 34.8. The van der Waals surface area contributed by atoms with Gasteiger partial charge in [0.05, 0.1) is 0 Å². The van der Waals surface area contributed by atoms with Crippen molar-refractivity contribution in [2.45, 2.75) is 19.3 Å². The number of hydrogen-bond donors (Lipinski definition) is 0. The van der Waals surface area contributed by atoms with E-state index in [2.05, 4.69) is 208 Å². The molecular weight excluding hydrogens is 765 g/mol. The Morgan fingerprint density at radius 2 is 0.810 bits per heavy atom. The summed E-state index contributed by atoms with van der Waals surface area (Å²) < 4.78 is 13.1. The second-order valence-corrected chi connectivity index (χ2v) is 18.0. The van der Waals surface area contributed by atoms with Crippen LogP contribution in [0.1, 0.15) is 25.0 Å². The highest BCUT2D eigenvalue weighted by Crippen LogP contribution is 2.53. The average Bonchev–Trinajstić information content (AvgIpc) is 3.94. The number of hydrogen-bond acceptors (Lipinski definition) is 2. The first-order valence-electron chi connectivity index (χ1n) is 21.9. The third-order valence-corrected chi connectivity index (χ3v) is 14.2. The fraction of sp³-hybridized carbons (Fsp3) is 0.0492. The predicted molar refractivity (Wildman–Crippen MR) is 265 cm³/mol. The minimum Gasteiger partial charge on any atom is -0.456 e. The van der Waals surface area contributed by atoms with E-state index in [9.17, 15) is 0 Å². The summed E-state index contributed by atoms with van der Waals surface area (Å²) >= 11 is 0. The molecule has 1 aliphatic carbocycles. The van der Waals surface area contributed by atoms with E-state index in [1.165, 1.54) is 93.2 Å². The van der Waals surface area contributed by atoms with Gasteiger partial charge in [0.2, 0.25) is 0 Å². The van der Waals surface area contributed by atoms with Crippen LogP contribution in [-0.2, 0) is 5.41 Å². The first kappa shape index (κ1) is 34.7. The maximum atomic E-state index is 6.64. The van der Waals surface area contributed by atoms with Crippen LogP contribution < -0.4 is 0 Å². The van der Waals surface area contributed by atoms with Crippen molar-refractivity contribution in [1.82, 2.24) is 0 Å². The molecule has 0 atom stereocenters. The highest BCUT2D eigenvalue weighted by atomic mass is 16.3. The second kappa shape index (κ2) is 12.6. The molecule has 0 radical (unpaired) electrons. The molecule has 0 fully saturated rings. The van der Waals surface area contributed by atoms with Gasteiger partial charge in [0.15, 0.2) is 0 Å². The van der Waals surface area contributed by atoms with Crippen molar-refractivity contribution in [3.8, 4) is 44.5 Å². The van der Waals surface area contributed by atoms with Gasteiger partial charge < -0.3 is 8.83 Å². The van der Waals surface area contributed by atoms with Gasteiger partial charge in [0, 0.05) is 27.0 Å². The lowest BCUT2D eigenvalue weighted by Gasteiger charge is -2.23. The molecule has 0 N–H and O–H groups in total. The highest BCUT2D eigenvalue weighted by Gasteiger charge is 2.36. The Balaban J connectivity index is 0.884. The molecule has 2 nitrogen and oxygen atoms in total.